The number of carboxylic acid groups (broad SMARTS) is 1. The van der Waals surface area contributed by atoms with Crippen LogP contribution in [0.2, 0.25) is 0 Å². The van der Waals surface area contributed by atoms with Gasteiger partial charge in [-0.05, 0) is 73.4 Å². The summed E-state index contributed by atoms with van der Waals surface area (Å²) in [6, 6.07) is 7.26. The van der Waals surface area contributed by atoms with E-state index in [-0.39, 0.29) is 17.7 Å². The summed E-state index contributed by atoms with van der Waals surface area (Å²) < 4.78 is 7.28. The SMILES string of the molecule is COc1ccc(C[C@@H](NC(=S)NCCc2cncn2C)C(=O)N2CCC(CCC(=O)O)(C3CCCCC3)CC2)cc1. The van der Waals surface area contributed by atoms with E-state index < -0.39 is 12.0 Å². The molecule has 224 valence electrons. The van der Waals surface area contributed by atoms with E-state index in [0.29, 0.717) is 43.5 Å². The molecular weight excluding hydrogens is 538 g/mol. The second-order valence-corrected chi connectivity index (χ2v) is 12.1. The third-order valence-corrected chi connectivity index (χ3v) is 9.43. The number of aryl methyl sites for hydroxylation is 1. The molecule has 1 aromatic heterocycles. The number of benzene rings is 1. The van der Waals surface area contributed by atoms with Crippen LogP contribution in [0.5, 0.6) is 5.75 Å². The van der Waals surface area contributed by atoms with Crippen LogP contribution in [0.4, 0.5) is 0 Å². The fourth-order valence-corrected chi connectivity index (χ4v) is 6.91. The van der Waals surface area contributed by atoms with Gasteiger partial charge in [0, 0.05) is 57.8 Å². The lowest BCUT2D eigenvalue weighted by Gasteiger charge is -2.48. The molecular formula is C31H45N5O4S. The number of methoxy groups -OCH3 is 1. The number of rotatable bonds is 12. The normalized spacial score (nSPS) is 18.0. The molecule has 2 heterocycles. The molecule has 2 fully saturated rings. The second kappa shape index (κ2) is 14.7. The van der Waals surface area contributed by atoms with Crippen molar-refractivity contribution in [2.45, 2.75) is 76.7 Å². The number of piperidine rings is 1. The summed E-state index contributed by atoms with van der Waals surface area (Å²) >= 11 is 5.62. The fourth-order valence-electron chi connectivity index (χ4n) is 6.66. The molecule has 9 nitrogen and oxygen atoms in total. The number of hydrogen-bond donors (Lipinski definition) is 3. The van der Waals surface area contributed by atoms with E-state index >= 15 is 0 Å². The summed E-state index contributed by atoms with van der Waals surface area (Å²) in [6.07, 6.45) is 13.6. The lowest BCUT2D eigenvalue weighted by molar-refractivity contribution is -0.140. The Balaban J connectivity index is 1.42. The number of nitrogens with zero attached hydrogens (tertiary/aromatic N) is 3. The number of carboxylic acids is 1. The Bertz CT molecular complexity index is 1150. The van der Waals surface area contributed by atoms with Gasteiger partial charge in [0.2, 0.25) is 5.91 Å². The maximum Gasteiger partial charge on any atom is 0.303 e. The van der Waals surface area contributed by atoms with Crippen LogP contribution >= 0.6 is 12.2 Å². The molecule has 1 amide bonds. The lowest BCUT2D eigenvalue weighted by Crippen LogP contribution is -2.55. The summed E-state index contributed by atoms with van der Waals surface area (Å²) in [4.78, 5) is 31.6. The first-order chi connectivity index (χ1) is 19.8. The minimum absolute atomic E-state index is 0.0111. The number of carbonyl (C=O) groups is 2. The predicted molar refractivity (Wildman–Crippen MR) is 163 cm³/mol. The quantitative estimate of drug-likeness (QED) is 0.321. The fraction of sp³-hybridized carbons (Fsp3) is 0.613. The Hall–Kier alpha value is -3.14. The minimum atomic E-state index is -0.730. The summed E-state index contributed by atoms with van der Waals surface area (Å²) in [7, 11) is 3.60. The van der Waals surface area contributed by atoms with Crippen molar-refractivity contribution in [2.24, 2.45) is 18.4 Å². The van der Waals surface area contributed by atoms with E-state index in [9.17, 15) is 14.7 Å². The van der Waals surface area contributed by atoms with E-state index in [4.69, 9.17) is 17.0 Å². The van der Waals surface area contributed by atoms with Crippen LogP contribution in [0, 0.1) is 11.3 Å². The molecule has 2 aromatic rings. The number of amides is 1. The van der Waals surface area contributed by atoms with Crippen LogP contribution in [0.3, 0.4) is 0 Å². The first-order valence-corrected chi connectivity index (χ1v) is 15.3. The molecule has 1 aromatic carbocycles. The highest BCUT2D eigenvalue weighted by molar-refractivity contribution is 7.80. The van der Waals surface area contributed by atoms with Crippen molar-refractivity contribution >= 4 is 29.2 Å². The third kappa shape index (κ3) is 8.44. The van der Waals surface area contributed by atoms with Crippen LogP contribution in [-0.4, -0.2) is 69.3 Å². The van der Waals surface area contributed by atoms with Crippen LogP contribution in [-0.2, 0) is 29.5 Å². The molecule has 41 heavy (non-hydrogen) atoms. The molecule has 0 unspecified atom stereocenters. The van der Waals surface area contributed by atoms with Crippen molar-refractivity contribution in [2.75, 3.05) is 26.7 Å². The van der Waals surface area contributed by atoms with E-state index in [1.54, 1.807) is 13.4 Å². The largest absolute Gasteiger partial charge is 0.497 e. The van der Waals surface area contributed by atoms with Gasteiger partial charge in [-0.25, -0.2) is 4.98 Å². The maximum atomic E-state index is 14.0. The molecule has 1 saturated carbocycles. The zero-order chi connectivity index (χ0) is 29.2. The number of thiocarbonyl (C=S) groups is 1. The van der Waals surface area contributed by atoms with Gasteiger partial charge >= 0.3 is 5.97 Å². The van der Waals surface area contributed by atoms with Crippen LogP contribution in [0.15, 0.2) is 36.8 Å². The number of imidazole rings is 1. The van der Waals surface area contributed by atoms with E-state index in [1.165, 1.54) is 32.1 Å². The van der Waals surface area contributed by atoms with Gasteiger partial charge in [0.05, 0.1) is 13.4 Å². The van der Waals surface area contributed by atoms with E-state index in [1.807, 2.05) is 47.0 Å². The molecule has 3 N–H and O–H groups in total. The highest BCUT2D eigenvalue weighted by atomic mass is 32.1. The van der Waals surface area contributed by atoms with Gasteiger partial charge in [0.25, 0.3) is 0 Å². The van der Waals surface area contributed by atoms with Gasteiger partial charge in [-0.2, -0.15) is 0 Å². The van der Waals surface area contributed by atoms with Crippen LogP contribution in [0.1, 0.15) is 69.0 Å². The second-order valence-electron chi connectivity index (χ2n) is 11.7. The van der Waals surface area contributed by atoms with Crippen molar-refractivity contribution in [3.8, 4) is 5.75 Å². The lowest BCUT2D eigenvalue weighted by atomic mass is 9.61. The monoisotopic (exact) mass is 583 g/mol. The molecule has 2 aliphatic rings. The highest BCUT2D eigenvalue weighted by Crippen LogP contribution is 2.49. The summed E-state index contributed by atoms with van der Waals surface area (Å²) in [5, 5.41) is 16.5. The third-order valence-electron chi connectivity index (χ3n) is 9.16. The number of aromatic nitrogens is 2. The number of carbonyl (C=O) groups excluding carboxylic acids is 1. The smallest absolute Gasteiger partial charge is 0.303 e. The van der Waals surface area contributed by atoms with Crippen molar-refractivity contribution in [1.82, 2.24) is 25.1 Å². The number of ether oxygens (including phenoxy) is 1. The molecule has 0 bridgehead atoms. The summed E-state index contributed by atoms with van der Waals surface area (Å²) in [6.45, 7) is 1.93. The number of hydrogen-bond acceptors (Lipinski definition) is 5. The first kappa shape index (κ1) is 30.8. The van der Waals surface area contributed by atoms with Gasteiger partial charge in [-0.15, -0.1) is 0 Å². The van der Waals surface area contributed by atoms with Gasteiger partial charge in [0.15, 0.2) is 5.11 Å². The van der Waals surface area contributed by atoms with Crippen molar-refractivity contribution < 1.29 is 19.4 Å². The zero-order valence-electron chi connectivity index (χ0n) is 24.4. The highest BCUT2D eigenvalue weighted by Gasteiger charge is 2.43. The van der Waals surface area contributed by atoms with Crippen molar-refractivity contribution in [1.29, 1.82) is 0 Å². The van der Waals surface area contributed by atoms with Crippen LogP contribution < -0.4 is 15.4 Å². The zero-order valence-corrected chi connectivity index (χ0v) is 25.3. The average molecular weight is 584 g/mol. The van der Waals surface area contributed by atoms with E-state index in [0.717, 1.165) is 36.3 Å². The number of nitrogens with one attached hydrogen (secondary N) is 2. The number of aliphatic carboxylic acids is 1. The molecule has 10 heteroatoms. The Morgan fingerprint density at radius 1 is 1.17 bits per heavy atom. The van der Waals surface area contributed by atoms with Gasteiger partial charge in [0.1, 0.15) is 11.8 Å². The molecule has 0 spiro atoms. The van der Waals surface area contributed by atoms with Gasteiger partial charge in [-0.1, -0.05) is 31.4 Å². The first-order valence-electron chi connectivity index (χ1n) is 14.9. The molecule has 1 aliphatic heterocycles. The van der Waals surface area contributed by atoms with Crippen LogP contribution in [0.25, 0.3) is 0 Å². The summed E-state index contributed by atoms with van der Waals surface area (Å²) in [5.41, 5.74) is 2.13. The molecule has 4 rings (SSSR count). The standard InChI is InChI=1S/C31H45N5O4S/c1-35-22-32-21-25(35)13-17-33-30(41)34-27(20-23-8-10-26(40-2)11-9-23)29(39)36-18-15-31(16-19-36,14-12-28(37)38)24-6-4-3-5-7-24/h8-11,21-22,24,27H,3-7,12-20H2,1-2H3,(H,37,38)(H2,33,34,41)/t27-/m1/s1. The molecule has 1 atom stereocenters. The Morgan fingerprint density at radius 2 is 1.88 bits per heavy atom. The number of likely N-dealkylation sites (tertiary alicyclic amines) is 1. The summed E-state index contributed by atoms with van der Waals surface area (Å²) in [5.74, 6) is 0.629. The Labute approximate surface area is 249 Å². The van der Waals surface area contributed by atoms with Gasteiger partial charge < -0.3 is 29.9 Å². The van der Waals surface area contributed by atoms with Gasteiger partial charge in [-0.3, -0.25) is 9.59 Å². The average Bonchev–Trinajstić information content (AvgIpc) is 3.40. The molecule has 1 saturated heterocycles. The Morgan fingerprint density at radius 3 is 2.49 bits per heavy atom. The topological polar surface area (TPSA) is 109 Å². The van der Waals surface area contributed by atoms with E-state index in [2.05, 4.69) is 15.6 Å². The van der Waals surface area contributed by atoms with Crippen molar-refractivity contribution in [3.63, 3.8) is 0 Å². The maximum absolute atomic E-state index is 14.0. The van der Waals surface area contributed by atoms with Crippen molar-refractivity contribution in [3.05, 3.63) is 48.0 Å². The Kier molecular flexibility index (Phi) is 11.0. The molecule has 0 radical (unpaired) electrons. The minimum Gasteiger partial charge on any atom is -0.497 e. The molecule has 1 aliphatic carbocycles. The predicted octanol–water partition coefficient (Wildman–Crippen LogP) is 4.10.